The predicted molar refractivity (Wildman–Crippen MR) is 148 cm³/mol. The number of pyridine rings is 1. The van der Waals surface area contributed by atoms with Gasteiger partial charge in [0.15, 0.2) is 5.69 Å². The van der Waals surface area contributed by atoms with E-state index < -0.39 is 6.43 Å². The van der Waals surface area contributed by atoms with Crippen molar-refractivity contribution >= 4 is 29.2 Å². The SMILES string of the molecule is C=C/C(Cl)=C\C=C(/C[C@H]1C[C@@H](NC(=O)c2cn(C(C)c3cnc(N4CC5C(C4=O)[C@@H]5C)cc3C)nn2)C1)C(F)F. The normalized spacial score (nSPS) is 26.9. The number of anilines is 1. The minimum atomic E-state index is -2.57. The van der Waals surface area contributed by atoms with E-state index in [2.05, 4.69) is 34.1 Å². The number of piperidine rings is 1. The zero-order valence-electron chi connectivity index (χ0n) is 22.7. The van der Waals surface area contributed by atoms with Crippen LogP contribution in [0.15, 0.2) is 53.9 Å². The van der Waals surface area contributed by atoms with Gasteiger partial charge in [-0.15, -0.1) is 5.10 Å². The second kappa shape index (κ2) is 11.2. The number of aromatic nitrogens is 4. The molecule has 0 radical (unpaired) electrons. The average molecular weight is 571 g/mol. The molecule has 212 valence electrons. The van der Waals surface area contributed by atoms with Gasteiger partial charge in [-0.1, -0.05) is 42.5 Å². The van der Waals surface area contributed by atoms with Crippen LogP contribution in [0, 0.1) is 30.6 Å². The molecule has 0 aromatic carbocycles. The summed E-state index contributed by atoms with van der Waals surface area (Å²) >= 11 is 5.82. The maximum Gasteiger partial charge on any atom is 0.273 e. The fourth-order valence-electron chi connectivity index (χ4n) is 5.87. The van der Waals surface area contributed by atoms with Crippen LogP contribution in [0.3, 0.4) is 0 Å². The number of fused-ring (bicyclic) bond motifs is 1. The second-order valence-corrected chi connectivity index (χ2v) is 11.6. The van der Waals surface area contributed by atoms with Crippen molar-refractivity contribution in [2.45, 2.75) is 58.5 Å². The summed E-state index contributed by atoms with van der Waals surface area (Å²) in [5.74, 6) is 1.59. The molecule has 2 aliphatic carbocycles. The Morgan fingerprint density at radius 1 is 1.32 bits per heavy atom. The van der Waals surface area contributed by atoms with Gasteiger partial charge in [0.25, 0.3) is 12.3 Å². The van der Waals surface area contributed by atoms with Crippen LogP contribution >= 0.6 is 11.6 Å². The molecule has 3 heterocycles. The average Bonchev–Trinajstić information content (AvgIpc) is 3.23. The van der Waals surface area contributed by atoms with Gasteiger partial charge in [-0.3, -0.25) is 14.5 Å². The van der Waals surface area contributed by atoms with Gasteiger partial charge in [0.2, 0.25) is 5.91 Å². The second-order valence-electron chi connectivity index (χ2n) is 11.2. The lowest BCUT2D eigenvalue weighted by Crippen LogP contribution is -2.44. The molecule has 3 aliphatic rings. The van der Waals surface area contributed by atoms with Gasteiger partial charge in [0.1, 0.15) is 5.82 Å². The van der Waals surface area contributed by atoms with Crippen LogP contribution < -0.4 is 10.2 Å². The van der Waals surface area contributed by atoms with E-state index in [0.29, 0.717) is 35.5 Å². The van der Waals surface area contributed by atoms with Crippen molar-refractivity contribution in [1.29, 1.82) is 0 Å². The summed E-state index contributed by atoms with van der Waals surface area (Å²) < 4.78 is 28.4. The molecule has 3 unspecified atom stereocenters. The number of rotatable bonds is 10. The first-order chi connectivity index (χ1) is 19.1. The number of aryl methyl sites for hydroxylation is 1. The van der Waals surface area contributed by atoms with Crippen molar-refractivity contribution in [2.24, 2.45) is 23.7 Å². The van der Waals surface area contributed by atoms with Crippen LogP contribution in [0.5, 0.6) is 0 Å². The molecule has 1 N–H and O–H groups in total. The standard InChI is InChI=1S/C29H33ClF2N6O2/c1-5-20(30)7-6-19(27(31)32)9-18-10-21(11-18)34-28(39)24-14-38(36-35-24)17(4)22-12-33-25(8-15(22)2)37-13-23-16(3)26(23)29(37)40/h5-8,12,14,16-18,21,23,26-27H,1,9-11,13H2,2-4H3,(H,34,39)/b19-6+,20-7+/t16-,17?,18-,21+,23?,26?/m1/s1. The molecule has 0 bridgehead atoms. The molecule has 3 fully saturated rings. The van der Waals surface area contributed by atoms with Crippen LogP contribution in [0.4, 0.5) is 14.6 Å². The number of carbonyl (C=O) groups is 2. The van der Waals surface area contributed by atoms with Gasteiger partial charge in [-0.05, 0) is 79.7 Å². The zero-order valence-corrected chi connectivity index (χ0v) is 23.5. The fraction of sp³-hybridized carbons (Fsp3) is 0.483. The number of alkyl halides is 2. The van der Waals surface area contributed by atoms with E-state index in [0.717, 1.165) is 17.7 Å². The first-order valence-electron chi connectivity index (χ1n) is 13.5. The quantitative estimate of drug-likeness (QED) is 0.395. The molecule has 11 heteroatoms. The lowest BCUT2D eigenvalue weighted by molar-refractivity contribution is -0.119. The Kier molecular flexibility index (Phi) is 7.90. The third kappa shape index (κ3) is 5.59. The Morgan fingerprint density at radius 3 is 2.70 bits per heavy atom. The summed E-state index contributed by atoms with van der Waals surface area (Å²) in [5, 5.41) is 11.4. The zero-order chi connectivity index (χ0) is 28.7. The fourth-order valence-corrected chi connectivity index (χ4v) is 5.93. The van der Waals surface area contributed by atoms with E-state index in [1.54, 1.807) is 22.0 Å². The molecule has 2 aromatic heterocycles. The van der Waals surface area contributed by atoms with Crippen LogP contribution in [-0.2, 0) is 4.79 Å². The van der Waals surface area contributed by atoms with E-state index >= 15 is 0 Å². The van der Waals surface area contributed by atoms with E-state index in [-0.39, 0.29) is 53.4 Å². The maximum atomic E-state index is 13.4. The van der Waals surface area contributed by atoms with Gasteiger partial charge in [-0.25, -0.2) is 18.4 Å². The predicted octanol–water partition coefficient (Wildman–Crippen LogP) is 5.22. The molecule has 5 rings (SSSR count). The molecule has 2 saturated carbocycles. The largest absolute Gasteiger partial charge is 0.348 e. The summed E-state index contributed by atoms with van der Waals surface area (Å²) in [6.45, 7) is 10.3. The van der Waals surface area contributed by atoms with E-state index in [4.69, 9.17) is 11.6 Å². The lowest BCUT2D eigenvalue weighted by atomic mass is 9.76. The lowest BCUT2D eigenvalue weighted by Gasteiger charge is -2.36. The molecule has 2 amide bonds. The highest BCUT2D eigenvalue weighted by molar-refractivity contribution is 6.31. The third-order valence-electron chi connectivity index (χ3n) is 8.54. The van der Waals surface area contributed by atoms with Crippen LogP contribution in [0.1, 0.15) is 60.8 Å². The number of nitrogens with zero attached hydrogens (tertiary/aromatic N) is 5. The Balaban J connectivity index is 1.15. The number of nitrogens with one attached hydrogen (secondary N) is 1. The minimum Gasteiger partial charge on any atom is -0.348 e. The molecule has 40 heavy (non-hydrogen) atoms. The van der Waals surface area contributed by atoms with Crippen molar-refractivity contribution in [3.05, 3.63) is 70.7 Å². The van der Waals surface area contributed by atoms with Crippen molar-refractivity contribution < 1.29 is 18.4 Å². The molecule has 4 atom stereocenters. The summed E-state index contributed by atoms with van der Waals surface area (Å²) in [6, 6.07) is 1.59. The van der Waals surface area contributed by atoms with Gasteiger partial charge >= 0.3 is 0 Å². The Labute approximate surface area is 237 Å². The number of amides is 2. The molecular formula is C29H33ClF2N6O2. The van der Waals surface area contributed by atoms with Crippen molar-refractivity contribution in [1.82, 2.24) is 25.3 Å². The van der Waals surface area contributed by atoms with Crippen LogP contribution in [0.25, 0.3) is 0 Å². The molecule has 1 aliphatic heterocycles. The van der Waals surface area contributed by atoms with Gasteiger partial charge in [0, 0.05) is 29.7 Å². The topological polar surface area (TPSA) is 93.0 Å². The Bertz CT molecular complexity index is 1380. The summed E-state index contributed by atoms with van der Waals surface area (Å²) in [6.07, 6.45) is 6.40. The smallest absolute Gasteiger partial charge is 0.273 e. The summed E-state index contributed by atoms with van der Waals surface area (Å²) in [5.41, 5.74) is 2.09. The molecular weight excluding hydrogens is 538 g/mol. The molecule has 2 aromatic rings. The van der Waals surface area contributed by atoms with Crippen LogP contribution in [0.2, 0.25) is 0 Å². The molecule has 8 nitrogen and oxygen atoms in total. The number of allylic oxidation sites excluding steroid dienone is 5. The van der Waals surface area contributed by atoms with Crippen molar-refractivity contribution in [2.75, 3.05) is 11.4 Å². The Hall–Kier alpha value is -3.40. The van der Waals surface area contributed by atoms with Gasteiger partial charge in [0.05, 0.1) is 12.2 Å². The number of hydrogen-bond acceptors (Lipinski definition) is 5. The highest BCUT2D eigenvalue weighted by atomic mass is 35.5. The molecule has 1 saturated heterocycles. The Morgan fingerprint density at radius 2 is 2.08 bits per heavy atom. The highest BCUT2D eigenvalue weighted by Gasteiger charge is 2.59. The van der Waals surface area contributed by atoms with Crippen LogP contribution in [-0.4, -0.2) is 50.8 Å². The highest BCUT2D eigenvalue weighted by Crippen LogP contribution is 2.52. The first-order valence-corrected chi connectivity index (χ1v) is 13.9. The number of hydrogen-bond donors (Lipinski definition) is 1. The maximum absolute atomic E-state index is 13.4. The minimum absolute atomic E-state index is 0.0164. The van der Waals surface area contributed by atoms with Gasteiger partial charge in [-0.2, -0.15) is 0 Å². The monoisotopic (exact) mass is 570 g/mol. The van der Waals surface area contributed by atoms with E-state index in [1.165, 1.54) is 18.2 Å². The summed E-state index contributed by atoms with van der Waals surface area (Å²) in [7, 11) is 0. The number of carbonyl (C=O) groups excluding carboxylic acids is 2. The van der Waals surface area contributed by atoms with E-state index in [1.807, 2.05) is 19.9 Å². The number of halogens is 3. The van der Waals surface area contributed by atoms with Gasteiger partial charge < -0.3 is 5.32 Å². The van der Waals surface area contributed by atoms with Crippen molar-refractivity contribution in [3.63, 3.8) is 0 Å². The van der Waals surface area contributed by atoms with E-state index in [9.17, 15) is 18.4 Å². The van der Waals surface area contributed by atoms with Crippen molar-refractivity contribution in [3.8, 4) is 0 Å². The summed E-state index contributed by atoms with van der Waals surface area (Å²) in [4.78, 5) is 31.7. The first kappa shape index (κ1) is 28.1. The third-order valence-corrected chi connectivity index (χ3v) is 8.82. The molecule has 0 spiro atoms.